The Morgan fingerprint density at radius 3 is 2.35 bits per heavy atom. The monoisotopic (exact) mass is 297 g/mol. The van der Waals surface area contributed by atoms with Crippen molar-refractivity contribution in [3.05, 3.63) is 34.6 Å². The number of hydrogen-bond donors (Lipinski definition) is 0. The molecule has 2 nitrogen and oxygen atoms in total. The van der Waals surface area contributed by atoms with Gasteiger partial charge in [-0.1, -0.05) is 37.3 Å². The first-order chi connectivity index (χ1) is 9.47. The molecule has 1 saturated carbocycles. The van der Waals surface area contributed by atoms with Gasteiger partial charge in [0.2, 0.25) is 0 Å². The van der Waals surface area contributed by atoms with Crippen LogP contribution >= 0.6 is 11.6 Å². The Bertz CT molecular complexity index is 493. The Hall–Kier alpha value is -0.930. The third kappa shape index (κ3) is 2.89. The van der Waals surface area contributed by atoms with Gasteiger partial charge in [0.05, 0.1) is 10.6 Å². The van der Waals surface area contributed by atoms with E-state index >= 15 is 0 Å². The Morgan fingerprint density at radius 1 is 1.20 bits per heavy atom. The van der Waals surface area contributed by atoms with Gasteiger partial charge in [0.25, 0.3) is 0 Å². The van der Waals surface area contributed by atoms with Crippen LogP contribution in [0.25, 0.3) is 0 Å². The van der Waals surface area contributed by atoms with E-state index < -0.39 is 11.4 Å². The van der Waals surface area contributed by atoms with Crippen LogP contribution in [0.4, 0.5) is 4.39 Å². The van der Waals surface area contributed by atoms with Crippen molar-refractivity contribution in [2.24, 2.45) is 0 Å². The van der Waals surface area contributed by atoms with E-state index in [0.717, 1.165) is 38.5 Å². The van der Waals surface area contributed by atoms with Gasteiger partial charge in [0.15, 0.2) is 5.78 Å². The molecule has 0 radical (unpaired) electrons. The average molecular weight is 298 g/mol. The molecule has 0 unspecified atom stereocenters. The van der Waals surface area contributed by atoms with Crippen molar-refractivity contribution in [3.8, 4) is 0 Å². The Labute approximate surface area is 124 Å². The van der Waals surface area contributed by atoms with Crippen LogP contribution in [0, 0.1) is 5.82 Å². The second-order valence-electron chi connectivity index (χ2n) is 5.79. The highest BCUT2D eigenvalue weighted by Gasteiger charge is 2.41. The van der Waals surface area contributed by atoms with Crippen molar-refractivity contribution in [2.75, 3.05) is 14.1 Å². The number of ketones is 1. The zero-order valence-corrected chi connectivity index (χ0v) is 12.8. The summed E-state index contributed by atoms with van der Waals surface area (Å²) >= 11 is 6.11. The fourth-order valence-electron chi connectivity index (χ4n) is 3.11. The second kappa shape index (κ2) is 6.23. The Morgan fingerprint density at radius 2 is 1.80 bits per heavy atom. The van der Waals surface area contributed by atoms with Crippen molar-refractivity contribution in [1.82, 2.24) is 4.90 Å². The van der Waals surface area contributed by atoms with Crippen molar-refractivity contribution >= 4 is 17.4 Å². The highest BCUT2D eigenvalue weighted by Crippen LogP contribution is 2.35. The Balaban J connectivity index is 2.43. The minimum Gasteiger partial charge on any atom is -0.297 e. The zero-order valence-electron chi connectivity index (χ0n) is 12.1. The molecule has 20 heavy (non-hydrogen) atoms. The topological polar surface area (TPSA) is 20.3 Å². The van der Waals surface area contributed by atoms with Crippen molar-refractivity contribution in [1.29, 1.82) is 0 Å². The molecule has 0 spiro atoms. The standard InChI is InChI=1S/C16H21ClFNO/c1-19(2)16(9-5-3-4-6-10-16)15(20)13-11-12(18)7-8-14(13)17/h7-8,11H,3-6,9-10H2,1-2H3. The average Bonchev–Trinajstić information content (AvgIpc) is 2.67. The highest BCUT2D eigenvalue weighted by atomic mass is 35.5. The number of Topliss-reactive ketones (excluding diaryl/α,β-unsaturated/α-hetero) is 1. The van der Waals surface area contributed by atoms with E-state index in [2.05, 4.69) is 0 Å². The fourth-order valence-corrected chi connectivity index (χ4v) is 3.32. The van der Waals surface area contributed by atoms with Crippen molar-refractivity contribution in [3.63, 3.8) is 0 Å². The summed E-state index contributed by atoms with van der Waals surface area (Å²) in [7, 11) is 3.85. The molecule has 0 amide bonds. The molecule has 4 heteroatoms. The predicted octanol–water partition coefficient (Wildman–Crippen LogP) is 4.32. The maximum atomic E-state index is 13.5. The molecule has 1 aliphatic rings. The van der Waals surface area contributed by atoms with Gasteiger partial charge in [0, 0.05) is 5.56 Å². The number of rotatable bonds is 3. The molecule has 110 valence electrons. The summed E-state index contributed by atoms with van der Waals surface area (Å²) < 4.78 is 13.5. The minimum absolute atomic E-state index is 0.0473. The molecule has 0 heterocycles. The molecule has 0 aliphatic heterocycles. The quantitative estimate of drug-likeness (QED) is 0.612. The molecule has 0 saturated heterocycles. The summed E-state index contributed by atoms with van der Waals surface area (Å²) in [5.41, 5.74) is -0.240. The first kappa shape index (κ1) is 15.5. The van der Waals surface area contributed by atoms with E-state index in [0.29, 0.717) is 10.6 Å². The molecule has 1 aromatic carbocycles. The van der Waals surface area contributed by atoms with Crippen LogP contribution in [0.3, 0.4) is 0 Å². The largest absolute Gasteiger partial charge is 0.297 e. The molecule has 0 atom stereocenters. The number of benzene rings is 1. The van der Waals surface area contributed by atoms with Gasteiger partial charge in [-0.15, -0.1) is 0 Å². The van der Waals surface area contributed by atoms with Gasteiger partial charge in [0.1, 0.15) is 5.82 Å². The first-order valence-corrected chi connectivity index (χ1v) is 7.52. The molecule has 0 aromatic heterocycles. The molecule has 0 N–H and O–H groups in total. The lowest BCUT2D eigenvalue weighted by Gasteiger charge is -2.38. The van der Waals surface area contributed by atoms with Crippen molar-refractivity contribution in [2.45, 2.75) is 44.1 Å². The summed E-state index contributed by atoms with van der Waals surface area (Å²) in [6, 6.07) is 4.01. The number of carbonyl (C=O) groups is 1. The lowest BCUT2D eigenvalue weighted by Crippen LogP contribution is -2.51. The van der Waals surface area contributed by atoms with Gasteiger partial charge in [-0.25, -0.2) is 4.39 Å². The fraction of sp³-hybridized carbons (Fsp3) is 0.562. The molecule has 1 aromatic rings. The molecule has 1 aliphatic carbocycles. The van der Waals surface area contributed by atoms with Crippen molar-refractivity contribution < 1.29 is 9.18 Å². The first-order valence-electron chi connectivity index (χ1n) is 7.15. The van der Waals surface area contributed by atoms with E-state index in [9.17, 15) is 9.18 Å². The summed E-state index contributed by atoms with van der Waals surface area (Å²) in [6.45, 7) is 0. The van der Waals surface area contributed by atoms with E-state index in [1.807, 2.05) is 19.0 Å². The van der Waals surface area contributed by atoms with Crippen LogP contribution in [0.1, 0.15) is 48.9 Å². The molecular weight excluding hydrogens is 277 g/mol. The van der Waals surface area contributed by atoms with Crippen LogP contribution in [0.5, 0.6) is 0 Å². The van der Waals surface area contributed by atoms with E-state index in [-0.39, 0.29) is 5.78 Å². The SMILES string of the molecule is CN(C)C1(C(=O)c2cc(F)ccc2Cl)CCCCCC1. The summed E-state index contributed by atoms with van der Waals surface area (Å²) in [5, 5.41) is 0.335. The summed E-state index contributed by atoms with van der Waals surface area (Å²) in [6.07, 6.45) is 5.98. The zero-order chi connectivity index (χ0) is 14.8. The summed E-state index contributed by atoms with van der Waals surface area (Å²) in [5.74, 6) is -0.464. The lowest BCUT2D eigenvalue weighted by molar-refractivity contribution is 0.0635. The van der Waals surface area contributed by atoms with Gasteiger partial charge in [-0.05, 0) is 45.1 Å². The summed E-state index contributed by atoms with van der Waals surface area (Å²) in [4.78, 5) is 15.0. The number of halogens is 2. The van der Waals surface area contributed by atoms with Crippen LogP contribution in [-0.2, 0) is 0 Å². The molecular formula is C16H21ClFNO. The van der Waals surface area contributed by atoms with E-state index in [1.54, 1.807) is 0 Å². The van der Waals surface area contributed by atoms with Crippen LogP contribution in [0.15, 0.2) is 18.2 Å². The lowest BCUT2D eigenvalue weighted by atomic mass is 9.81. The highest BCUT2D eigenvalue weighted by molar-refractivity contribution is 6.34. The van der Waals surface area contributed by atoms with Crippen LogP contribution < -0.4 is 0 Å². The molecule has 2 rings (SSSR count). The van der Waals surface area contributed by atoms with Crippen LogP contribution in [0.2, 0.25) is 5.02 Å². The predicted molar refractivity (Wildman–Crippen MR) is 79.9 cm³/mol. The smallest absolute Gasteiger partial charge is 0.184 e. The van der Waals surface area contributed by atoms with Gasteiger partial charge in [-0.3, -0.25) is 9.69 Å². The van der Waals surface area contributed by atoms with E-state index in [1.165, 1.54) is 18.2 Å². The maximum Gasteiger partial charge on any atom is 0.184 e. The number of carbonyl (C=O) groups excluding carboxylic acids is 1. The van der Waals surface area contributed by atoms with Gasteiger partial charge >= 0.3 is 0 Å². The number of hydrogen-bond acceptors (Lipinski definition) is 2. The second-order valence-corrected chi connectivity index (χ2v) is 6.20. The van der Waals surface area contributed by atoms with Crippen LogP contribution in [-0.4, -0.2) is 30.3 Å². The number of nitrogens with zero attached hydrogens (tertiary/aromatic N) is 1. The number of likely N-dealkylation sites (N-methyl/N-ethyl adjacent to an activating group) is 1. The maximum absolute atomic E-state index is 13.5. The Kier molecular flexibility index (Phi) is 4.82. The van der Waals surface area contributed by atoms with E-state index in [4.69, 9.17) is 11.6 Å². The third-order valence-electron chi connectivity index (χ3n) is 4.38. The third-order valence-corrected chi connectivity index (χ3v) is 4.71. The molecule has 0 bridgehead atoms. The van der Waals surface area contributed by atoms with Gasteiger partial charge < -0.3 is 0 Å². The normalized spacial score (nSPS) is 18.9. The minimum atomic E-state index is -0.548. The molecule has 1 fully saturated rings. The van der Waals surface area contributed by atoms with Gasteiger partial charge in [-0.2, -0.15) is 0 Å².